The highest BCUT2D eigenvalue weighted by Gasteiger charge is 2.16. The lowest BCUT2D eigenvalue weighted by Gasteiger charge is -2.24. The van der Waals surface area contributed by atoms with Gasteiger partial charge in [-0.15, -0.1) is 0 Å². The first kappa shape index (κ1) is 14.3. The molecule has 0 aromatic carbocycles. The molecule has 3 atom stereocenters. The minimum atomic E-state index is -1.05. The Balaban J connectivity index is 0.000000265. The number of hydrogen-bond donors (Lipinski definition) is 5. The Labute approximate surface area is 90.0 Å². The maximum Gasteiger partial charge on any atom is 0.321 e. The van der Waals surface area contributed by atoms with Gasteiger partial charge in [0.05, 0.1) is 0 Å². The van der Waals surface area contributed by atoms with Gasteiger partial charge in [0, 0.05) is 18.6 Å². The van der Waals surface area contributed by atoms with Gasteiger partial charge >= 0.3 is 5.97 Å². The molecule has 15 heavy (non-hydrogen) atoms. The van der Waals surface area contributed by atoms with E-state index in [1.807, 2.05) is 0 Å². The molecule has 6 nitrogen and oxygen atoms in total. The Morgan fingerprint density at radius 2 is 1.67 bits per heavy atom. The maximum atomic E-state index is 9.73. The minimum absolute atomic E-state index is 0.00463. The molecule has 0 aromatic rings. The van der Waals surface area contributed by atoms with Crippen LogP contribution in [0, 0.1) is 0 Å². The fourth-order valence-corrected chi connectivity index (χ4v) is 1.29. The van der Waals surface area contributed by atoms with Crippen LogP contribution in [0.1, 0.15) is 25.7 Å². The number of rotatable bonds is 2. The molecule has 0 saturated heterocycles. The average molecular weight is 218 g/mol. The molecule has 0 amide bonds. The van der Waals surface area contributed by atoms with Crippen LogP contribution in [-0.2, 0) is 4.79 Å². The van der Waals surface area contributed by atoms with Gasteiger partial charge in [-0.1, -0.05) is 12.8 Å². The van der Waals surface area contributed by atoms with Crippen molar-refractivity contribution in [3.05, 3.63) is 0 Å². The quantitative estimate of drug-likeness (QED) is 0.385. The van der Waals surface area contributed by atoms with E-state index in [1.54, 1.807) is 0 Å². The van der Waals surface area contributed by atoms with Gasteiger partial charge in [0.2, 0.25) is 0 Å². The summed E-state index contributed by atoms with van der Waals surface area (Å²) in [6.07, 6.45) is 4.80. The van der Waals surface area contributed by atoms with Crippen LogP contribution >= 0.6 is 0 Å². The number of hydrogen-bond acceptors (Lipinski definition) is 5. The van der Waals surface area contributed by atoms with Crippen molar-refractivity contribution in [3.8, 4) is 0 Å². The average Bonchev–Trinajstić information content (AvgIpc) is 2.22. The van der Waals surface area contributed by atoms with E-state index in [2.05, 4.69) is 0 Å². The second-order valence-corrected chi connectivity index (χ2v) is 3.79. The van der Waals surface area contributed by atoms with Crippen LogP contribution in [0.3, 0.4) is 0 Å². The molecule has 1 saturated carbocycles. The third kappa shape index (κ3) is 6.40. The Bertz CT molecular complexity index is 179. The summed E-state index contributed by atoms with van der Waals surface area (Å²) in [4.78, 5) is 9.73. The molecule has 6 heteroatoms. The van der Waals surface area contributed by atoms with E-state index >= 15 is 0 Å². The van der Waals surface area contributed by atoms with Crippen LogP contribution in [0.15, 0.2) is 0 Å². The summed E-state index contributed by atoms with van der Waals surface area (Å²) >= 11 is 0. The summed E-state index contributed by atoms with van der Waals surface area (Å²) in [5, 5.41) is 7.98. The zero-order chi connectivity index (χ0) is 11.8. The highest BCUT2D eigenvalue weighted by molar-refractivity contribution is 5.73. The van der Waals surface area contributed by atoms with E-state index < -0.39 is 12.0 Å². The topological polar surface area (TPSA) is 141 Å². The van der Waals surface area contributed by atoms with Crippen molar-refractivity contribution in [2.24, 2.45) is 22.9 Å². The SMILES string of the molecule is NC1CCCCC1N.NCC(N)C(=O)O. The first-order chi connectivity index (χ1) is 6.99. The smallest absolute Gasteiger partial charge is 0.321 e. The largest absolute Gasteiger partial charge is 0.480 e. The highest BCUT2D eigenvalue weighted by Crippen LogP contribution is 2.14. The molecule has 90 valence electrons. The molecule has 0 aliphatic heterocycles. The van der Waals surface area contributed by atoms with Crippen LogP contribution < -0.4 is 22.9 Å². The molecule has 0 aromatic heterocycles. The predicted octanol–water partition coefficient (Wildman–Crippen LogP) is -1.43. The second-order valence-electron chi connectivity index (χ2n) is 3.79. The van der Waals surface area contributed by atoms with Crippen molar-refractivity contribution >= 4 is 5.97 Å². The summed E-state index contributed by atoms with van der Waals surface area (Å²) in [5.74, 6) is -1.05. The standard InChI is InChI=1S/C6H14N2.C3H8N2O2/c7-5-3-1-2-4-6(5)8;4-1-2(5)3(6)7/h5-6H,1-4,7-8H2;2H,1,4-5H2,(H,6,7). The van der Waals surface area contributed by atoms with Crippen molar-refractivity contribution in [2.75, 3.05) is 6.54 Å². The summed E-state index contributed by atoms with van der Waals surface area (Å²) in [5.41, 5.74) is 21.1. The predicted molar refractivity (Wildman–Crippen MR) is 59.1 cm³/mol. The van der Waals surface area contributed by atoms with Crippen LogP contribution in [-0.4, -0.2) is 35.7 Å². The maximum absolute atomic E-state index is 9.73. The summed E-state index contributed by atoms with van der Waals surface area (Å²) in [6.45, 7) is -0.00463. The van der Waals surface area contributed by atoms with Crippen molar-refractivity contribution < 1.29 is 9.90 Å². The molecule has 0 spiro atoms. The van der Waals surface area contributed by atoms with E-state index in [9.17, 15) is 4.79 Å². The zero-order valence-corrected chi connectivity index (χ0v) is 8.93. The molecule has 1 fully saturated rings. The lowest BCUT2D eigenvalue weighted by Crippen LogP contribution is -2.43. The monoisotopic (exact) mass is 218 g/mol. The highest BCUT2D eigenvalue weighted by atomic mass is 16.4. The number of carboxylic acids is 1. The number of carboxylic acid groups (broad SMARTS) is 1. The fourth-order valence-electron chi connectivity index (χ4n) is 1.29. The number of carbonyl (C=O) groups is 1. The van der Waals surface area contributed by atoms with Crippen molar-refractivity contribution in [1.29, 1.82) is 0 Å². The van der Waals surface area contributed by atoms with E-state index in [0.29, 0.717) is 0 Å². The summed E-state index contributed by atoms with van der Waals surface area (Å²) < 4.78 is 0. The fraction of sp³-hybridized carbons (Fsp3) is 0.889. The van der Waals surface area contributed by atoms with Crippen molar-refractivity contribution in [3.63, 3.8) is 0 Å². The Kier molecular flexibility index (Phi) is 7.23. The lowest BCUT2D eigenvalue weighted by atomic mass is 9.92. The van der Waals surface area contributed by atoms with Crippen molar-refractivity contribution in [2.45, 2.75) is 43.8 Å². The summed E-state index contributed by atoms with van der Waals surface area (Å²) in [6, 6.07) is -0.340. The van der Waals surface area contributed by atoms with Crippen molar-refractivity contribution in [1.82, 2.24) is 0 Å². The lowest BCUT2D eigenvalue weighted by molar-refractivity contribution is -0.138. The third-order valence-electron chi connectivity index (χ3n) is 2.45. The van der Waals surface area contributed by atoms with Crippen LogP contribution in [0.25, 0.3) is 0 Å². The van der Waals surface area contributed by atoms with Crippen LogP contribution in [0.4, 0.5) is 0 Å². The van der Waals surface area contributed by atoms with E-state index in [0.717, 1.165) is 12.8 Å². The van der Waals surface area contributed by atoms with Gasteiger partial charge in [-0.2, -0.15) is 0 Å². The Hall–Kier alpha value is -0.690. The normalized spacial score (nSPS) is 27.5. The molecular formula is C9H22N4O2. The van der Waals surface area contributed by atoms with Gasteiger partial charge in [0.15, 0.2) is 0 Å². The first-order valence-corrected chi connectivity index (χ1v) is 5.18. The third-order valence-corrected chi connectivity index (χ3v) is 2.45. The second kappa shape index (κ2) is 7.58. The van der Waals surface area contributed by atoms with E-state index in [1.165, 1.54) is 12.8 Å². The van der Waals surface area contributed by atoms with E-state index in [4.69, 9.17) is 28.0 Å². The molecule has 1 aliphatic rings. The van der Waals surface area contributed by atoms with Gasteiger partial charge in [-0.05, 0) is 12.8 Å². The zero-order valence-electron chi connectivity index (χ0n) is 8.93. The molecule has 1 rings (SSSR count). The molecule has 1 aliphatic carbocycles. The van der Waals surface area contributed by atoms with Gasteiger partial charge in [0.25, 0.3) is 0 Å². The number of nitrogens with two attached hydrogens (primary N) is 4. The van der Waals surface area contributed by atoms with Gasteiger partial charge in [0.1, 0.15) is 6.04 Å². The molecule has 9 N–H and O–H groups in total. The Morgan fingerprint density at radius 1 is 1.27 bits per heavy atom. The minimum Gasteiger partial charge on any atom is -0.480 e. The summed E-state index contributed by atoms with van der Waals surface area (Å²) in [7, 11) is 0. The van der Waals surface area contributed by atoms with Gasteiger partial charge in [-0.3, -0.25) is 4.79 Å². The molecule has 0 bridgehead atoms. The van der Waals surface area contributed by atoms with E-state index in [-0.39, 0.29) is 18.6 Å². The Morgan fingerprint density at radius 3 is 1.80 bits per heavy atom. The van der Waals surface area contributed by atoms with Gasteiger partial charge < -0.3 is 28.0 Å². The molecule has 3 unspecified atom stereocenters. The van der Waals surface area contributed by atoms with Crippen LogP contribution in [0.5, 0.6) is 0 Å². The first-order valence-electron chi connectivity index (χ1n) is 5.18. The molecule has 0 heterocycles. The molecule has 0 radical (unpaired) electrons. The number of aliphatic carboxylic acids is 1. The van der Waals surface area contributed by atoms with Crippen LogP contribution in [0.2, 0.25) is 0 Å². The molecular weight excluding hydrogens is 196 g/mol. The van der Waals surface area contributed by atoms with Gasteiger partial charge in [-0.25, -0.2) is 0 Å².